The predicted octanol–water partition coefficient (Wildman–Crippen LogP) is 1.84. The summed E-state index contributed by atoms with van der Waals surface area (Å²) in [5.41, 5.74) is 8.59. The van der Waals surface area contributed by atoms with Gasteiger partial charge in [-0.25, -0.2) is 4.99 Å². The summed E-state index contributed by atoms with van der Waals surface area (Å²) in [5.74, 6) is 0.00657. The first kappa shape index (κ1) is 11.5. The van der Waals surface area contributed by atoms with E-state index in [2.05, 4.69) is 10.3 Å². The van der Waals surface area contributed by atoms with Crippen LogP contribution in [-0.2, 0) is 4.79 Å². The van der Waals surface area contributed by atoms with Crippen molar-refractivity contribution in [1.29, 1.82) is 0 Å². The maximum atomic E-state index is 11.6. The molecule has 0 radical (unpaired) electrons. The Morgan fingerprint density at radius 1 is 0.947 bits per heavy atom. The second-order valence-corrected chi connectivity index (χ2v) is 4.39. The fraction of sp³-hybridized carbons (Fsp3) is 0.0667. The van der Waals surface area contributed by atoms with E-state index in [1.807, 2.05) is 54.6 Å². The Morgan fingerprint density at radius 2 is 1.58 bits per heavy atom. The maximum absolute atomic E-state index is 11.6. The van der Waals surface area contributed by atoms with E-state index in [9.17, 15) is 4.79 Å². The van der Waals surface area contributed by atoms with Gasteiger partial charge in [0.15, 0.2) is 12.0 Å². The minimum atomic E-state index is -0.523. The molecule has 1 atom stereocenters. The molecule has 3 N–H and O–H groups in total. The first-order valence-corrected chi connectivity index (χ1v) is 6.03. The topological polar surface area (TPSA) is 67.5 Å². The predicted molar refractivity (Wildman–Crippen MR) is 74.4 cm³/mol. The van der Waals surface area contributed by atoms with Crippen LogP contribution in [0.25, 0.3) is 11.1 Å². The first-order chi connectivity index (χ1) is 9.24. The SMILES string of the molecule is NC1=NC(c2ccc(-c3ccccc3)cc2)C(=O)N1. The Bertz CT molecular complexity index is 632. The summed E-state index contributed by atoms with van der Waals surface area (Å²) < 4.78 is 0. The van der Waals surface area contributed by atoms with Gasteiger partial charge in [-0.2, -0.15) is 0 Å². The highest BCUT2D eigenvalue weighted by atomic mass is 16.2. The third-order valence-corrected chi connectivity index (χ3v) is 3.10. The third-order valence-electron chi connectivity index (χ3n) is 3.10. The summed E-state index contributed by atoms with van der Waals surface area (Å²) in [4.78, 5) is 15.7. The lowest BCUT2D eigenvalue weighted by molar-refractivity contribution is -0.120. The number of amides is 1. The zero-order valence-electron chi connectivity index (χ0n) is 10.2. The molecule has 0 bridgehead atoms. The van der Waals surface area contributed by atoms with E-state index in [-0.39, 0.29) is 11.9 Å². The second kappa shape index (κ2) is 4.57. The number of rotatable bonds is 2. The Balaban J connectivity index is 1.90. The van der Waals surface area contributed by atoms with Gasteiger partial charge in [-0.15, -0.1) is 0 Å². The number of nitrogens with two attached hydrogens (primary N) is 1. The van der Waals surface area contributed by atoms with Crippen LogP contribution in [0.4, 0.5) is 0 Å². The van der Waals surface area contributed by atoms with E-state index in [0.717, 1.165) is 16.7 Å². The molecule has 0 spiro atoms. The van der Waals surface area contributed by atoms with Gasteiger partial charge < -0.3 is 5.73 Å². The van der Waals surface area contributed by atoms with E-state index in [1.54, 1.807) is 0 Å². The van der Waals surface area contributed by atoms with Crippen molar-refractivity contribution in [2.45, 2.75) is 6.04 Å². The van der Waals surface area contributed by atoms with Crippen LogP contribution in [0.2, 0.25) is 0 Å². The van der Waals surface area contributed by atoms with E-state index in [1.165, 1.54) is 0 Å². The lowest BCUT2D eigenvalue weighted by atomic mass is 10.0. The van der Waals surface area contributed by atoms with E-state index in [0.29, 0.717) is 0 Å². The lowest BCUT2D eigenvalue weighted by Gasteiger charge is -2.07. The van der Waals surface area contributed by atoms with Crippen LogP contribution in [0, 0.1) is 0 Å². The van der Waals surface area contributed by atoms with Gasteiger partial charge >= 0.3 is 0 Å². The summed E-state index contributed by atoms with van der Waals surface area (Å²) in [5, 5.41) is 2.50. The molecule has 94 valence electrons. The number of carbonyl (C=O) groups excluding carboxylic acids is 1. The van der Waals surface area contributed by atoms with Crippen molar-refractivity contribution >= 4 is 11.9 Å². The van der Waals surface area contributed by atoms with Gasteiger partial charge in [-0.3, -0.25) is 10.1 Å². The van der Waals surface area contributed by atoms with E-state index >= 15 is 0 Å². The van der Waals surface area contributed by atoms with Crippen molar-refractivity contribution < 1.29 is 4.79 Å². The fourth-order valence-corrected chi connectivity index (χ4v) is 2.14. The Hall–Kier alpha value is -2.62. The largest absolute Gasteiger partial charge is 0.370 e. The third kappa shape index (κ3) is 2.20. The van der Waals surface area contributed by atoms with Crippen LogP contribution in [0.1, 0.15) is 11.6 Å². The summed E-state index contributed by atoms with van der Waals surface area (Å²) in [7, 11) is 0. The van der Waals surface area contributed by atoms with Gasteiger partial charge in [0.25, 0.3) is 5.91 Å². The summed E-state index contributed by atoms with van der Waals surface area (Å²) in [6.07, 6.45) is 0. The minimum Gasteiger partial charge on any atom is -0.370 e. The molecule has 1 aliphatic rings. The number of hydrogen-bond acceptors (Lipinski definition) is 3. The van der Waals surface area contributed by atoms with E-state index in [4.69, 9.17) is 5.73 Å². The minimum absolute atomic E-state index is 0.176. The van der Waals surface area contributed by atoms with Crippen LogP contribution in [0.3, 0.4) is 0 Å². The summed E-state index contributed by atoms with van der Waals surface area (Å²) in [6, 6.07) is 17.4. The van der Waals surface area contributed by atoms with Gasteiger partial charge in [-0.1, -0.05) is 54.6 Å². The van der Waals surface area contributed by atoms with Crippen LogP contribution >= 0.6 is 0 Å². The molecule has 0 aliphatic carbocycles. The fourth-order valence-electron chi connectivity index (χ4n) is 2.14. The maximum Gasteiger partial charge on any atom is 0.256 e. The van der Waals surface area contributed by atoms with Gasteiger partial charge in [-0.05, 0) is 16.7 Å². The number of nitrogens with one attached hydrogen (secondary N) is 1. The molecule has 0 saturated heterocycles. The van der Waals surface area contributed by atoms with Gasteiger partial charge in [0.05, 0.1) is 0 Å². The Kier molecular flexibility index (Phi) is 2.76. The molecule has 4 heteroatoms. The smallest absolute Gasteiger partial charge is 0.256 e. The molecule has 3 rings (SSSR count). The highest BCUT2D eigenvalue weighted by Crippen LogP contribution is 2.25. The van der Waals surface area contributed by atoms with Crippen molar-refractivity contribution in [1.82, 2.24) is 5.32 Å². The quantitative estimate of drug-likeness (QED) is 0.855. The molecule has 1 heterocycles. The normalized spacial score (nSPS) is 18.0. The first-order valence-electron chi connectivity index (χ1n) is 6.03. The van der Waals surface area contributed by atoms with Gasteiger partial charge in [0, 0.05) is 0 Å². The molecule has 4 nitrogen and oxygen atoms in total. The zero-order chi connectivity index (χ0) is 13.2. The number of guanidine groups is 1. The highest BCUT2D eigenvalue weighted by molar-refractivity contribution is 6.04. The molecular weight excluding hydrogens is 238 g/mol. The van der Waals surface area contributed by atoms with Crippen molar-refractivity contribution in [3.63, 3.8) is 0 Å². The molecule has 0 saturated carbocycles. The number of aliphatic imine (C=N–C) groups is 1. The van der Waals surface area contributed by atoms with E-state index < -0.39 is 6.04 Å². The van der Waals surface area contributed by atoms with Gasteiger partial charge in [0.2, 0.25) is 0 Å². The van der Waals surface area contributed by atoms with Crippen molar-refractivity contribution in [3.05, 3.63) is 60.2 Å². The lowest BCUT2D eigenvalue weighted by Crippen LogP contribution is -2.31. The summed E-state index contributed by atoms with van der Waals surface area (Å²) >= 11 is 0. The van der Waals surface area contributed by atoms with Crippen LogP contribution < -0.4 is 11.1 Å². The number of benzene rings is 2. The average Bonchev–Trinajstić information content (AvgIpc) is 2.79. The molecule has 19 heavy (non-hydrogen) atoms. The van der Waals surface area contributed by atoms with Crippen LogP contribution in [0.15, 0.2) is 59.6 Å². The zero-order valence-corrected chi connectivity index (χ0v) is 10.2. The number of carbonyl (C=O) groups is 1. The Labute approximate surface area is 111 Å². The molecule has 2 aromatic rings. The van der Waals surface area contributed by atoms with Crippen molar-refractivity contribution in [2.24, 2.45) is 10.7 Å². The molecule has 1 unspecified atom stereocenters. The molecule has 0 aromatic heterocycles. The van der Waals surface area contributed by atoms with Crippen molar-refractivity contribution in [3.8, 4) is 11.1 Å². The standard InChI is InChI=1S/C15H13N3O/c16-15-17-13(14(19)18-15)12-8-6-11(7-9-12)10-4-2-1-3-5-10/h1-9,13H,(H3,16,17,18,19). The molecule has 1 amide bonds. The van der Waals surface area contributed by atoms with Gasteiger partial charge in [0.1, 0.15) is 0 Å². The van der Waals surface area contributed by atoms with Crippen LogP contribution in [-0.4, -0.2) is 11.9 Å². The Morgan fingerprint density at radius 3 is 2.16 bits per heavy atom. The molecular formula is C15H13N3O. The highest BCUT2D eigenvalue weighted by Gasteiger charge is 2.26. The number of hydrogen-bond donors (Lipinski definition) is 2. The summed E-state index contributed by atoms with van der Waals surface area (Å²) in [6.45, 7) is 0. The molecule has 0 fully saturated rings. The monoisotopic (exact) mass is 251 g/mol. The number of nitrogens with zero attached hydrogens (tertiary/aromatic N) is 1. The second-order valence-electron chi connectivity index (χ2n) is 4.39. The molecule has 1 aliphatic heterocycles. The van der Waals surface area contributed by atoms with Crippen molar-refractivity contribution in [2.75, 3.05) is 0 Å². The van der Waals surface area contributed by atoms with Crippen LogP contribution in [0.5, 0.6) is 0 Å². The average molecular weight is 251 g/mol. The molecule has 2 aromatic carbocycles.